The molecule has 1 aromatic heterocycles. The standard InChI is InChI=1S/C26H24N4O4/c1-16(2)21(11-12-27-3)30-24-14-17(8-9-20(24)26(33)34)23-15-18(10-13-28-23)29-22-7-5-4-6-19(22)25(31)32/h4-16H,3H2,1-2H3,(H,28,29)(H,31,32)(H,33,34)/b12-11-,30-21?. The van der Waals surface area contributed by atoms with E-state index in [0.29, 0.717) is 34.0 Å². The van der Waals surface area contributed by atoms with Crippen molar-refractivity contribution in [1.82, 2.24) is 4.98 Å². The number of allylic oxidation sites excluding steroid dienone is 1. The summed E-state index contributed by atoms with van der Waals surface area (Å²) in [6.07, 6.45) is 4.79. The zero-order chi connectivity index (χ0) is 24.7. The lowest BCUT2D eigenvalue weighted by Crippen LogP contribution is -2.05. The number of pyridine rings is 1. The molecule has 8 heteroatoms. The topological polar surface area (TPSA) is 124 Å². The molecule has 0 aliphatic carbocycles. The van der Waals surface area contributed by atoms with Crippen molar-refractivity contribution in [2.45, 2.75) is 13.8 Å². The van der Waals surface area contributed by atoms with Crippen molar-refractivity contribution < 1.29 is 19.8 Å². The van der Waals surface area contributed by atoms with E-state index in [1.54, 1.807) is 54.7 Å². The van der Waals surface area contributed by atoms with Gasteiger partial charge in [0.1, 0.15) is 0 Å². The molecule has 3 aromatic rings. The van der Waals surface area contributed by atoms with Gasteiger partial charge in [-0.3, -0.25) is 15.0 Å². The van der Waals surface area contributed by atoms with Crippen LogP contribution in [0, 0.1) is 5.92 Å². The van der Waals surface area contributed by atoms with Gasteiger partial charge in [-0.15, -0.1) is 0 Å². The first-order chi connectivity index (χ1) is 16.3. The van der Waals surface area contributed by atoms with Crippen molar-refractivity contribution in [1.29, 1.82) is 0 Å². The van der Waals surface area contributed by atoms with Gasteiger partial charge in [-0.25, -0.2) is 9.59 Å². The molecule has 3 N–H and O–H groups in total. The molecule has 0 atom stereocenters. The molecule has 0 unspecified atom stereocenters. The summed E-state index contributed by atoms with van der Waals surface area (Å²) in [7, 11) is 0. The fraction of sp³-hybridized carbons (Fsp3) is 0.115. The van der Waals surface area contributed by atoms with Gasteiger partial charge in [-0.1, -0.05) is 32.0 Å². The molecule has 0 aliphatic heterocycles. The van der Waals surface area contributed by atoms with E-state index in [-0.39, 0.29) is 17.0 Å². The van der Waals surface area contributed by atoms with Crippen molar-refractivity contribution in [2.75, 3.05) is 5.32 Å². The fourth-order valence-corrected chi connectivity index (χ4v) is 3.19. The molecular weight excluding hydrogens is 432 g/mol. The highest BCUT2D eigenvalue weighted by Gasteiger charge is 2.14. The van der Waals surface area contributed by atoms with Crippen LogP contribution in [0.4, 0.5) is 17.1 Å². The van der Waals surface area contributed by atoms with Crippen LogP contribution in [0.25, 0.3) is 11.3 Å². The van der Waals surface area contributed by atoms with Crippen LogP contribution in [-0.4, -0.2) is 39.6 Å². The number of nitrogens with one attached hydrogen (secondary N) is 1. The molecule has 34 heavy (non-hydrogen) atoms. The SMILES string of the molecule is C=N/C=C\C(=Nc1cc(-c2cc(Nc3ccccc3C(=O)O)ccn2)ccc1C(=O)O)C(C)C. The quantitative estimate of drug-likeness (QED) is 0.348. The minimum Gasteiger partial charge on any atom is -0.478 e. The molecule has 0 saturated heterocycles. The number of aliphatic imine (C=N–C) groups is 2. The minimum atomic E-state index is -1.09. The predicted molar refractivity (Wildman–Crippen MR) is 134 cm³/mol. The van der Waals surface area contributed by atoms with Gasteiger partial charge in [0.25, 0.3) is 0 Å². The average molecular weight is 457 g/mol. The monoisotopic (exact) mass is 456 g/mol. The number of nitrogens with zero attached hydrogens (tertiary/aromatic N) is 3. The lowest BCUT2D eigenvalue weighted by Gasteiger charge is -2.12. The van der Waals surface area contributed by atoms with E-state index >= 15 is 0 Å². The molecule has 0 saturated carbocycles. The lowest BCUT2D eigenvalue weighted by atomic mass is 10.0. The maximum Gasteiger partial charge on any atom is 0.337 e. The number of carbonyl (C=O) groups is 2. The molecule has 0 fully saturated rings. The normalized spacial score (nSPS) is 11.6. The third kappa shape index (κ3) is 5.80. The number of hydrogen-bond acceptors (Lipinski definition) is 6. The van der Waals surface area contributed by atoms with Gasteiger partial charge >= 0.3 is 11.9 Å². The van der Waals surface area contributed by atoms with E-state index in [0.717, 1.165) is 0 Å². The summed E-state index contributed by atoms with van der Waals surface area (Å²) in [5.41, 5.74) is 3.46. The van der Waals surface area contributed by atoms with Gasteiger partial charge in [0.05, 0.1) is 28.2 Å². The van der Waals surface area contributed by atoms with Crippen molar-refractivity contribution in [3.8, 4) is 11.3 Å². The van der Waals surface area contributed by atoms with E-state index in [9.17, 15) is 19.8 Å². The Hall–Kier alpha value is -4.59. The van der Waals surface area contributed by atoms with Crippen LogP contribution < -0.4 is 5.32 Å². The van der Waals surface area contributed by atoms with E-state index in [1.165, 1.54) is 18.3 Å². The number of aromatic carboxylic acids is 2. The Morgan fingerprint density at radius 2 is 1.76 bits per heavy atom. The number of carboxylic acids is 2. The smallest absolute Gasteiger partial charge is 0.337 e. The molecule has 3 rings (SSSR count). The Kier molecular flexibility index (Phi) is 7.66. The Labute approximate surface area is 197 Å². The second-order valence-electron chi connectivity index (χ2n) is 7.63. The number of anilines is 2. The molecule has 0 aliphatic rings. The van der Waals surface area contributed by atoms with Crippen LogP contribution in [0.5, 0.6) is 0 Å². The van der Waals surface area contributed by atoms with Crippen molar-refractivity contribution in [3.63, 3.8) is 0 Å². The van der Waals surface area contributed by atoms with Gasteiger partial charge in [-0.05, 0) is 55.1 Å². The van der Waals surface area contributed by atoms with Crippen LogP contribution in [0.3, 0.4) is 0 Å². The molecule has 0 bridgehead atoms. The molecule has 0 radical (unpaired) electrons. The molecule has 1 heterocycles. The fourth-order valence-electron chi connectivity index (χ4n) is 3.19. The van der Waals surface area contributed by atoms with E-state index in [1.807, 2.05) is 13.8 Å². The first-order valence-corrected chi connectivity index (χ1v) is 10.4. The number of hydrogen-bond donors (Lipinski definition) is 3. The Morgan fingerprint density at radius 1 is 1.03 bits per heavy atom. The molecule has 2 aromatic carbocycles. The Balaban J connectivity index is 2.04. The van der Waals surface area contributed by atoms with Crippen molar-refractivity contribution in [3.05, 3.63) is 84.2 Å². The molecule has 172 valence electrons. The highest BCUT2D eigenvalue weighted by Crippen LogP contribution is 2.30. The number of aromatic nitrogens is 1. The molecule has 0 amide bonds. The summed E-state index contributed by atoms with van der Waals surface area (Å²) in [5.74, 6) is -2.10. The van der Waals surface area contributed by atoms with E-state index < -0.39 is 11.9 Å². The summed E-state index contributed by atoms with van der Waals surface area (Å²) in [6, 6.07) is 14.9. The minimum absolute atomic E-state index is 0.0308. The van der Waals surface area contributed by atoms with Gasteiger partial charge in [0, 0.05) is 29.4 Å². The summed E-state index contributed by atoms with van der Waals surface area (Å²) in [6.45, 7) is 7.31. The maximum atomic E-state index is 11.8. The first-order valence-electron chi connectivity index (χ1n) is 10.4. The van der Waals surface area contributed by atoms with E-state index in [2.05, 4.69) is 27.0 Å². The van der Waals surface area contributed by atoms with Crippen LogP contribution in [0.15, 0.2) is 83.1 Å². The largest absolute Gasteiger partial charge is 0.478 e. The first kappa shape index (κ1) is 24.1. The second kappa shape index (κ2) is 10.8. The van der Waals surface area contributed by atoms with Gasteiger partial charge in [0.2, 0.25) is 0 Å². The molecule has 0 spiro atoms. The number of rotatable bonds is 9. The third-order valence-corrected chi connectivity index (χ3v) is 4.91. The highest BCUT2D eigenvalue weighted by molar-refractivity contribution is 6.01. The van der Waals surface area contributed by atoms with Crippen molar-refractivity contribution >= 4 is 41.4 Å². The maximum absolute atomic E-state index is 11.8. The van der Waals surface area contributed by atoms with Crippen LogP contribution >= 0.6 is 0 Å². The van der Waals surface area contributed by atoms with Gasteiger partial charge < -0.3 is 15.5 Å². The zero-order valence-electron chi connectivity index (χ0n) is 18.8. The second-order valence-corrected chi connectivity index (χ2v) is 7.63. The lowest BCUT2D eigenvalue weighted by molar-refractivity contribution is 0.0687. The van der Waals surface area contributed by atoms with Crippen LogP contribution in [-0.2, 0) is 0 Å². The van der Waals surface area contributed by atoms with Gasteiger partial charge in [-0.2, -0.15) is 0 Å². The average Bonchev–Trinajstić information content (AvgIpc) is 2.81. The molecular formula is C26H24N4O4. The number of carboxylic acid groups (broad SMARTS) is 2. The predicted octanol–water partition coefficient (Wildman–Crippen LogP) is 5.83. The Bertz CT molecular complexity index is 1300. The summed E-state index contributed by atoms with van der Waals surface area (Å²) < 4.78 is 0. The van der Waals surface area contributed by atoms with Crippen LogP contribution in [0.2, 0.25) is 0 Å². The highest BCUT2D eigenvalue weighted by atomic mass is 16.4. The zero-order valence-corrected chi connectivity index (χ0v) is 18.8. The number of benzene rings is 2. The van der Waals surface area contributed by atoms with Crippen LogP contribution in [0.1, 0.15) is 34.6 Å². The summed E-state index contributed by atoms with van der Waals surface area (Å²) in [5, 5.41) is 22.2. The summed E-state index contributed by atoms with van der Waals surface area (Å²) in [4.78, 5) is 36.0. The van der Waals surface area contributed by atoms with Gasteiger partial charge in [0.15, 0.2) is 0 Å². The van der Waals surface area contributed by atoms with Crippen molar-refractivity contribution in [2.24, 2.45) is 15.9 Å². The molecule has 8 nitrogen and oxygen atoms in total. The third-order valence-electron chi connectivity index (χ3n) is 4.91. The summed E-state index contributed by atoms with van der Waals surface area (Å²) >= 11 is 0. The Morgan fingerprint density at radius 3 is 2.44 bits per heavy atom. The number of para-hydroxylation sites is 1. The van der Waals surface area contributed by atoms with E-state index in [4.69, 9.17) is 0 Å².